The van der Waals surface area contributed by atoms with Crippen LogP contribution in [-0.2, 0) is 14.3 Å². The highest BCUT2D eigenvalue weighted by Gasteiger charge is 2.20. The molecule has 7 heteroatoms. The molecule has 0 aromatic heterocycles. The first-order valence-corrected chi connectivity index (χ1v) is 6.05. The van der Waals surface area contributed by atoms with Crippen molar-refractivity contribution in [1.82, 2.24) is 0 Å². The average molecular weight is 295 g/mol. The molecule has 0 aliphatic rings. The van der Waals surface area contributed by atoms with E-state index in [0.717, 1.165) is 0 Å². The highest BCUT2D eigenvalue weighted by atomic mass is 16.5. The number of carbonyl (C=O) groups is 3. The summed E-state index contributed by atoms with van der Waals surface area (Å²) < 4.78 is 15.0. The van der Waals surface area contributed by atoms with Crippen LogP contribution in [0.25, 0.3) is 0 Å². The van der Waals surface area contributed by atoms with Gasteiger partial charge in [-0.05, 0) is 6.07 Å². The maximum absolute atomic E-state index is 12.1. The molecule has 114 valence electrons. The summed E-state index contributed by atoms with van der Waals surface area (Å²) in [6, 6.07) is 2.95. The zero-order chi connectivity index (χ0) is 16.0. The normalized spacial score (nSPS) is 9.71. The molecule has 0 saturated carbocycles. The third kappa shape index (κ3) is 3.95. The summed E-state index contributed by atoms with van der Waals surface area (Å²) in [7, 11) is 4.38. The zero-order valence-corrected chi connectivity index (χ0v) is 12.3. The molecule has 0 spiro atoms. The fraction of sp³-hybridized carbons (Fsp3) is 0.357. The van der Waals surface area contributed by atoms with E-state index < -0.39 is 18.4 Å². The van der Waals surface area contributed by atoms with Gasteiger partial charge in [-0.3, -0.25) is 14.4 Å². The van der Waals surface area contributed by atoms with Crippen LogP contribution in [0.2, 0.25) is 0 Å². The summed E-state index contributed by atoms with van der Waals surface area (Å²) in [6.07, 6.45) is 0.559. The molecule has 0 radical (unpaired) electrons. The minimum absolute atomic E-state index is 0.198. The number of nitrogens with zero attached hydrogens (tertiary/aromatic N) is 1. The molecule has 0 saturated heterocycles. The molecular weight excluding hydrogens is 278 g/mol. The Morgan fingerprint density at radius 3 is 2.24 bits per heavy atom. The van der Waals surface area contributed by atoms with E-state index in [9.17, 15) is 14.4 Å². The summed E-state index contributed by atoms with van der Waals surface area (Å²) in [5.41, 5.74) is 0.531. The van der Waals surface area contributed by atoms with E-state index in [1.54, 1.807) is 0 Å². The van der Waals surface area contributed by atoms with E-state index >= 15 is 0 Å². The van der Waals surface area contributed by atoms with Gasteiger partial charge in [-0.15, -0.1) is 0 Å². The highest BCUT2D eigenvalue weighted by Crippen LogP contribution is 2.34. The molecular formula is C14H17NO6. The summed E-state index contributed by atoms with van der Waals surface area (Å²) in [4.78, 5) is 35.1. The van der Waals surface area contributed by atoms with Crippen LogP contribution in [0.15, 0.2) is 12.1 Å². The molecule has 0 aliphatic carbocycles. The summed E-state index contributed by atoms with van der Waals surface area (Å²) in [5.74, 6) is -0.291. The van der Waals surface area contributed by atoms with Gasteiger partial charge in [-0.25, -0.2) is 0 Å². The average Bonchev–Trinajstić information content (AvgIpc) is 2.50. The van der Waals surface area contributed by atoms with E-state index in [2.05, 4.69) is 4.74 Å². The maximum atomic E-state index is 12.1. The topological polar surface area (TPSA) is 82.1 Å². The molecule has 1 aromatic carbocycles. The Balaban J connectivity index is 3.28. The quantitative estimate of drug-likeness (QED) is 0.425. The van der Waals surface area contributed by atoms with Gasteiger partial charge in [0.2, 0.25) is 12.2 Å². The van der Waals surface area contributed by atoms with E-state index in [4.69, 9.17) is 9.47 Å². The minimum atomic E-state index is -0.561. The second-order valence-corrected chi connectivity index (χ2v) is 4.14. The number of anilines is 1. The van der Waals surface area contributed by atoms with Gasteiger partial charge in [-0.1, -0.05) is 0 Å². The Bertz CT molecular complexity index is 555. The van der Waals surface area contributed by atoms with Crippen molar-refractivity contribution in [3.05, 3.63) is 17.7 Å². The van der Waals surface area contributed by atoms with Gasteiger partial charge >= 0.3 is 5.97 Å². The number of hydrogen-bond acceptors (Lipinski definition) is 6. The Morgan fingerprint density at radius 2 is 1.76 bits per heavy atom. The number of carbonyl (C=O) groups excluding carboxylic acids is 3. The first-order valence-electron chi connectivity index (χ1n) is 6.05. The van der Waals surface area contributed by atoms with E-state index in [1.165, 1.54) is 45.2 Å². The number of Topliss-reactive ketones (excluding diaryl/α,β-unsaturated/α-hetero) is 1. The third-order valence-electron chi connectivity index (χ3n) is 2.75. The second kappa shape index (κ2) is 7.28. The number of ether oxygens (including phenoxy) is 3. The van der Waals surface area contributed by atoms with Crippen molar-refractivity contribution in [3.8, 4) is 11.5 Å². The lowest BCUT2D eigenvalue weighted by Gasteiger charge is -2.18. The highest BCUT2D eigenvalue weighted by molar-refractivity contribution is 6.05. The fourth-order valence-electron chi connectivity index (χ4n) is 1.69. The van der Waals surface area contributed by atoms with Crippen molar-refractivity contribution < 1.29 is 28.6 Å². The van der Waals surface area contributed by atoms with Crippen LogP contribution < -0.4 is 14.4 Å². The van der Waals surface area contributed by atoms with E-state index in [1.807, 2.05) is 0 Å². The van der Waals surface area contributed by atoms with Gasteiger partial charge in [0.1, 0.15) is 0 Å². The van der Waals surface area contributed by atoms with Gasteiger partial charge in [0.05, 0.1) is 19.9 Å². The molecule has 7 nitrogen and oxygen atoms in total. The van der Waals surface area contributed by atoms with Crippen LogP contribution in [0.5, 0.6) is 11.5 Å². The molecule has 1 rings (SSSR count). The van der Waals surface area contributed by atoms with Crippen LogP contribution in [0.3, 0.4) is 0 Å². The largest absolute Gasteiger partial charge is 0.493 e. The predicted molar refractivity (Wildman–Crippen MR) is 75.0 cm³/mol. The standard InChI is InChI=1S/C14H17NO6/c1-9(17)21-7-12(18)10-5-13(19-3)14(20-4)6-11(10)15(2)8-16/h5-6,8H,7H2,1-4H3. The van der Waals surface area contributed by atoms with Crippen molar-refractivity contribution in [1.29, 1.82) is 0 Å². The first-order chi connectivity index (χ1) is 9.94. The van der Waals surface area contributed by atoms with Crippen LogP contribution in [-0.4, -0.2) is 46.0 Å². The number of hydrogen-bond donors (Lipinski definition) is 0. The predicted octanol–water partition coefficient (Wildman–Crippen LogP) is 1.04. The minimum Gasteiger partial charge on any atom is -0.493 e. The number of ketones is 1. The van der Waals surface area contributed by atoms with Crippen molar-refractivity contribution in [3.63, 3.8) is 0 Å². The van der Waals surface area contributed by atoms with Crippen molar-refractivity contribution in [2.75, 3.05) is 32.8 Å². The van der Waals surface area contributed by atoms with E-state index in [0.29, 0.717) is 23.6 Å². The monoisotopic (exact) mass is 295 g/mol. The van der Waals surface area contributed by atoms with E-state index in [-0.39, 0.29) is 5.56 Å². The Kier molecular flexibility index (Phi) is 5.71. The molecule has 1 aromatic rings. The molecule has 0 heterocycles. The lowest BCUT2D eigenvalue weighted by molar-refractivity contribution is -0.139. The number of methoxy groups -OCH3 is 2. The maximum Gasteiger partial charge on any atom is 0.303 e. The summed E-state index contributed by atoms with van der Waals surface area (Å²) >= 11 is 0. The van der Waals surface area contributed by atoms with Crippen molar-refractivity contribution in [2.45, 2.75) is 6.92 Å². The SMILES string of the molecule is COc1cc(C(=O)COC(C)=O)c(N(C)C=O)cc1OC. The summed E-state index contributed by atoms with van der Waals surface area (Å²) in [5, 5.41) is 0. The van der Waals surface area contributed by atoms with Gasteiger partial charge in [-0.2, -0.15) is 0 Å². The van der Waals surface area contributed by atoms with Crippen LogP contribution >= 0.6 is 0 Å². The van der Waals surface area contributed by atoms with Crippen molar-refractivity contribution >= 4 is 23.9 Å². The Morgan fingerprint density at radius 1 is 1.19 bits per heavy atom. The molecule has 0 unspecified atom stereocenters. The Hall–Kier alpha value is -2.57. The molecule has 0 aliphatic heterocycles. The van der Waals surface area contributed by atoms with Crippen molar-refractivity contribution in [2.24, 2.45) is 0 Å². The molecule has 0 atom stereocenters. The lowest BCUT2D eigenvalue weighted by atomic mass is 10.1. The van der Waals surface area contributed by atoms with Gasteiger partial charge < -0.3 is 19.1 Å². The molecule has 0 N–H and O–H groups in total. The smallest absolute Gasteiger partial charge is 0.303 e. The number of amides is 1. The Labute approximate surface area is 122 Å². The third-order valence-corrected chi connectivity index (χ3v) is 2.75. The number of rotatable bonds is 7. The van der Waals surface area contributed by atoms with Gasteiger partial charge in [0.25, 0.3) is 0 Å². The first kappa shape index (κ1) is 16.5. The molecule has 1 amide bonds. The zero-order valence-electron chi connectivity index (χ0n) is 12.3. The number of esters is 1. The van der Waals surface area contributed by atoms with Gasteiger partial charge in [0, 0.05) is 25.6 Å². The van der Waals surface area contributed by atoms with Crippen LogP contribution in [0.4, 0.5) is 5.69 Å². The second-order valence-electron chi connectivity index (χ2n) is 4.14. The molecule has 0 fully saturated rings. The van der Waals surface area contributed by atoms with Gasteiger partial charge in [0.15, 0.2) is 18.1 Å². The number of benzene rings is 1. The fourth-order valence-corrected chi connectivity index (χ4v) is 1.69. The summed E-state index contributed by atoms with van der Waals surface area (Å²) in [6.45, 7) is 0.796. The lowest BCUT2D eigenvalue weighted by Crippen LogP contribution is -2.20. The molecule has 0 bridgehead atoms. The molecule has 21 heavy (non-hydrogen) atoms. The van der Waals surface area contributed by atoms with Crippen LogP contribution in [0.1, 0.15) is 17.3 Å². The van der Waals surface area contributed by atoms with Crippen LogP contribution in [0, 0.1) is 0 Å².